The molecule has 0 atom stereocenters. The van der Waals surface area contributed by atoms with Crippen LogP contribution in [0.3, 0.4) is 0 Å². The number of likely N-dealkylation sites (tertiary alicyclic amines) is 1. The molecule has 3 aromatic rings. The highest BCUT2D eigenvalue weighted by Gasteiger charge is 2.43. The number of carbonyl (C=O) groups excluding carboxylic acids is 4. The van der Waals surface area contributed by atoms with Crippen LogP contribution in [0.4, 0.5) is 14.9 Å². The molecule has 1 saturated heterocycles. The standard InChI is InChI=1S/C31H34FN3O7/c1-31(2,3)41-30(39)42-35-20-16-21(40-6)23(24-22(20)25(33(4)5)26(35)28(37)27(24)36)29(38)34-13-11-18(12-14-34)15-17-7-9-19(32)10-8-17/h7-10,16,18H,11-15H2,1-6H3. The van der Waals surface area contributed by atoms with Crippen molar-refractivity contribution in [3.8, 4) is 5.75 Å². The Hall–Kier alpha value is -4.41. The van der Waals surface area contributed by atoms with Crippen molar-refractivity contribution in [2.75, 3.05) is 39.2 Å². The number of carbonyl (C=O) groups is 4. The van der Waals surface area contributed by atoms with E-state index in [1.165, 1.54) is 25.3 Å². The summed E-state index contributed by atoms with van der Waals surface area (Å²) in [7, 11) is 4.76. The predicted molar refractivity (Wildman–Crippen MR) is 153 cm³/mol. The number of hydrogen-bond acceptors (Lipinski definition) is 8. The summed E-state index contributed by atoms with van der Waals surface area (Å²) in [5.74, 6) is -2.09. The fourth-order valence-corrected chi connectivity index (χ4v) is 5.73. The second kappa shape index (κ2) is 10.8. The maximum Gasteiger partial charge on any atom is 0.534 e. The summed E-state index contributed by atoms with van der Waals surface area (Å²) < 4.78 is 25.2. The summed E-state index contributed by atoms with van der Waals surface area (Å²) in [6, 6.07) is 7.93. The molecule has 222 valence electrons. The van der Waals surface area contributed by atoms with Gasteiger partial charge in [-0.15, -0.1) is 0 Å². The van der Waals surface area contributed by atoms with Gasteiger partial charge >= 0.3 is 6.16 Å². The zero-order chi connectivity index (χ0) is 30.5. The van der Waals surface area contributed by atoms with Crippen LogP contribution in [-0.2, 0) is 11.2 Å². The molecule has 2 bridgehead atoms. The van der Waals surface area contributed by atoms with Crippen LogP contribution in [0.2, 0.25) is 0 Å². The second-order valence-corrected chi connectivity index (χ2v) is 11.9. The number of ketones is 2. The number of methoxy groups -OCH3 is 1. The Bertz CT molecular complexity index is 1590. The summed E-state index contributed by atoms with van der Waals surface area (Å²) in [5.41, 5.74) is 0.542. The quantitative estimate of drug-likeness (QED) is 0.306. The SMILES string of the molecule is COc1cc2c3c(c1C(=O)N1CCC(Cc4ccc(F)cc4)CC1)C(=O)C(=O)c(c3N(C)C)n2OC(=O)OC(C)(C)C. The van der Waals surface area contributed by atoms with Gasteiger partial charge in [0.15, 0.2) is 5.69 Å². The number of nitrogens with zero attached hydrogens (tertiary/aromatic N) is 3. The molecule has 0 radical (unpaired) electrons. The topological polar surface area (TPSA) is 107 Å². The number of ether oxygens (including phenoxy) is 2. The summed E-state index contributed by atoms with van der Waals surface area (Å²) in [6.45, 7) is 5.91. The number of rotatable bonds is 6. The number of piperidine rings is 1. The van der Waals surface area contributed by atoms with Gasteiger partial charge in [0.2, 0.25) is 5.78 Å². The lowest BCUT2D eigenvalue weighted by atomic mass is 9.88. The molecule has 11 heteroatoms. The number of halogens is 1. The van der Waals surface area contributed by atoms with E-state index in [-0.39, 0.29) is 33.9 Å². The van der Waals surface area contributed by atoms with Crippen LogP contribution in [0.25, 0.3) is 10.9 Å². The first-order valence-corrected chi connectivity index (χ1v) is 13.8. The van der Waals surface area contributed by atoms with Crippen LogP contribution in [0.15, 0.2) is 30.3 Å². The molecule has 1 aliphatic heterocycles. The number of amides is 1. The summed E-state index contributed by atoms with van der Waals surface area (Å²) in [5, 5.41) is 0.318. The third-order valence-electron chi connectivity index (χ3n) is 7.58. The minimum atomic E-state index is -1.06. The van der Waals surface area contributed by atoms with E-state index in [9.17, 15) is 23.6 Å². The second-order valence-electron chi connectivity index (χ2n) is 11.9. The molecule has 2 heterocycles. The van der Waals surface area contributed by atoms with Gasteiger partial charge in [0, 0.05) is 38.6 Å². The summed E-state index contributed by atoms with van der Waals surface area (Å²) >= 11 is 0. The predicted octanol–water partition coefficient (Wildman–Crippen LogP) is 4.69. The number of Topliss-reactive ketones (excluding diaryl/α,β-unsaturated/α-hetero) is 2. The molecular weight excluding hydrogens is 545 g/mol. The van der Waals surface area contributed by atoms with E-state index < -0.39 is 29.2 Å². The van der Waals surface area contributed by atoms with Crippen molar-refractivity contribution in [1.29, 1.82) is 0 Å². The lowest BCUT2D eigenvalue weighted by Gasteiger charge is -2.33. The Morgan fingerprint density at radius 1 is 1.05 bits per heavy atom. The van der Waals surface area contributed by atoms with Crippen LogP contribution in [0.1, 0.15) is 70.4 Å². The van der Waals surface area contributed by atoms with Gasteiger partial charge in [-0.3, -0.25) is 14.4 Å². The van der Waals surface area contributed by atoms with Crippen LogP contribution < -0.4 is 14.5 Å². The first kappa shape index (κ1) is 29.1. The van der Waals surface area contributed by atoms with E-state index in [1.54, 1.807) is 56.8 Å². The Labute approximate surface area is 242 Å². The van der Waals surface area contributed by atoms with Crippen LogP contribution in [-0.4, -0.2) is 73.2 Å². The van der Waals surface area contributed by atoms with Crippen LogP contribution in [0.5, 0.6) is 5.75 Å². The van der Waals surface area contributed by atoms with Gasteiger partial charge in [-0.2, -0.15) is 4.73 Å². The monoisotopic (exact) mass is 579 g/mol. The number of aromatic nitrogens is 1. The fourth-order valence-electron chi connectivity index (χ4n) is 5.73. The number of fused-ring (bicyclic) bond motifs is 1. The third-order valence-corrected chi connectivity index (χ3v) is 7.58. The highest BCUT2D eigenvalue weighted by molar-refractivity contribution is 6.56. The average Bonchev–Trinajstić information content (AvgIpc) is 3.22. The normalized spacial score (nSPS) is 15.4. The molecule has 2 aromatic carbocycles. The van der Waals surface area contributed by atoms with Crippen molar-refractivity contribution in [2.45, 2.75) is 45.6 Å². The molecule has 5 rings (SSSR count). The van der Waals surface area contributed by atoms with Crippen LogP contribution >= 0.6 is 0 Å². The largest absolute Gasteiger partial charge is 0.534 e. The Balaban J connectivity index is 1.52. The molecule has 1 aliphatic carbocycles. The van der Waals surface area contributed by atoms with Crippen molar-refractivity contribution >= 4 is 40.2 Å². The molecule has 1 aromatic heterocycles. The molecule has 42 heavy (non-hydrogen) atoms. The van der Waals surface area contributed by atoms with Gasteiger partial charge in [-0.05, 0) is 63.6 Å². The molecule has 1 fully saturated rings. The highest BCUT2D eigenvalue weighted by atomic mass is 19.1. The molecule has 0 spiro atoms. The maximum atomic E-state index is 14.0. The third kappa shape index (κ3) is 5.19. The van der Waals surface area contributed by atoms with Gasteiger partial charge < -0.3 is 24.1 Å². The van der Waals surface area contributed by atoms with Gasteiger partial charge in [0.05, 0.1) is 29.4 Å². The Kier molecular flexibility index (Phi) is 7.46. The van der Waals surface area contributed by atoms with E-state index >= 15 is 0 Å². The van der Waals surface area contributed by atoms with Gasteiger partial charge in [-0.1, -0.05) is 12.1 Å². The number of benzene rings is 2. The van der Waals surface area contributed by atoms with Crippen molar-refractivity contribution in [1.82, 2.24) is 9.63 Å². The number of anilines is 1. The van der Waals surface area contributed by atoms with Crippen molar-refractivity contribution in [2.24, 2.45) is 5.92 Å². The minimum absolute atomic E-state index is 0.00380. The van der Waals surface area contributed by atoms with E-state index in [0.717, 1.165) is 29.6 Å². The lowest BCUT2D eigenvalue weighted by Crippen LogP contribution is -2.40. The summed E-state index contributed by atoms with van der Waals surface area (Å²) in [4.78, 5) is 62.5. The molecule has 0 unspecified atom stereocenters. The van der Waals surface area contributed by atoms with E-state index in [0.29, 0.717) is 30.1 Å². The van der Waals surface area contributed by atoms with Gasteiger partial charge in [-0.25, -0.2) is 9.18 Å². The zero-order valence-corrected chi connectivity index (χ0v) is 24.6. The molecule has 0 N–H and O–H groups in total. The molecule has 2 aliphatic rings. The highest BCUT2D eigenvalue weighted by Crippen LogP contribution is 2.45. The first-order chi connectivity index (χ1) is 19.8. The Morgan fingerprint density at radius 3 is 2.26 bits per heavy atom. The van der Waals surface area contributed by atoms with E-state index in [2.05, 4.69) is 0 Å². The first-order valence-electron chi connectivity index (χ1n) is 13.8. The summed E-state index contributed by atoms with van der Waals surface area (Å²) in [6.07, 6.45) is 1.17. The van der Waals surface area contributed by atoms with E-state index in [1.807, 2.05) is 0 Å². The smallest absolute Gasteiger partial charge is 0.496 e. The molecule has 0 saturated carbocycles. The van der Waals surface area contributed by atoms with Crippen molar-refractivity contribution in [3.05, 3.63) is 58.5 Å². The molecular formula is C31H34FN3O7. The molecule has 1 amide bonds. The number of hydrogen-bond donors (Lipinski definition) is 0. The van der Waals surface area contributed by atoms with Gasteiger partial charge in [0.25, 0.3) is 11.7 Å². The average molecular weight is 580 g/mol. The molecule has 10 nitrogen and oxygen atoms in total. The maximum absolute atomic E-state index is 14.0. The lowest BCUT2D eigenvalue weighted by molar-refractivity contribution is -0.00945. The van der Waals surface area contributed by atoms with Crippen LogP contribution in [0, 0.1) is 11.7 Å². The van der Waals surface area contributed by atoms with E-state index in [4.69, 9.17) is 14.3 Å². The Morgan fingerprint density at radius 2 is 1.69 bits per heavy atom. The minimum Gasteiger partial charge on any atom is -0.496 e. The van der Waals surface area contributed by atoms with Gasteiger partial charge in [0.1, 0.15) is 17.2 Å². The fraction of sp³-hybridized carbons (Fsp3) is 0.419. The zero-order valence-electron chi connectivity index (χ0n) is 24.6. The van der Waals surface area contributed by atoms with Crippen molar-refractivity contribution in [3.63, 3.8) is 0 Å². The van der Waals surface area contributed by atoms with Crippen molar-refractivity contribution < 1.29 is 37.9 Å².